The Morgan fingerprint density at radius 3 is 2.32 bits per heavy atom. The van der Waals surface area contributed by atoms with Crippen LogP contribution >= 0.6 is 46.4 Å². The van der Waals surface area contributed by atoms with Gasteiger partial charge in [0.25, 0.3) is 0 Å². The summed E-state index contributed by atoms with van der Waals surface area (Å²) in [5.41, 5.74) is 1.55. The highest BCUT2D eigenvalue weighted by Crippen LogP contribution is 2.31. The number of rotatable bonds is 7. The fourth-order valence-electron chi connectivity index (χ4n) is 2.51. The maximum atomic E-state index is 6.39. The Labute approximate surface area is 183 Å². The molecular formula is C20H16Cl4N2O2. The highest BCUT2D eigenvalue weighted by Gasteiger charge is 2.14. The van der Waals surface area contributed by atoms with Gasteiger partial charge in [0.05, 0.1) is 22.1 Å². The summed E-state index contributed by atoms with van der Waals surface area (Å²) in [4.78, 5) is 4.08. The van der Waals surface area contributed by atoms with Gasteiger partial charge in [-0.1, -0.05) is 46.4 Å². The smallest absolute Gasteiger partial charge is 0.147 e. The monoisotopic (exact) mass is 456 g/mol. The Hall–Kier alpha value is -1.85. The maximum absolute atomic E-state index is 6.39. The van der Waals surface area contributed by atoms with Crippen molar-refractivity contribution >= 4 is 57.9 Å². The third-order valence-electron chi connectivity index (χ3n) is 3.88. The molecule has 4 nitrogen and oxygen atoms in total. The first kappa shape index (κ1) is 20.9. The van der Waals surface area contributed by atoms with Gasteiger partial charge in [-0.15, -0.1) is 0 Å². The van der Waals surface area contributed by atoms with E-state index in [1.54, 1.807) is 42.9 Å². The maximum Gasteiger partial charge on any atom is 0.147 e. The predicted molar refractivity (Wildman–Crippen MR) is 115 cm³/mol. The van der Waals surface area contributed by atoms with Crippen LogP contribution in [0.15, 0.2) is 55.1 Å². The Balaban J connectivity index is 1.77. The van der Waals surface area contributed by atoms with Gasteiger partial charge in [-0.3, -0.25) is 0 Å². The van der Waals surface area contributed by atoms with Crippen molar-refractivity contribution < 1.29 is 9.47 Å². The van der Waals surface area contributed by atoms with E-state index in [9.17, 15) is 0 Å². The minimum absolute atomic E-state index is 0.277. The van der Waals surface area contributed by atoms with E-state index >= 15 is 0 Å². The van der Waals surface area contributed by atoms with Gasteiger partial charge >= 0.3 is 0 Å². The first-order valence-electron chi connectivity index (χ1n) is 8.31. The number of hydrogen-bond acceptors (Lipinski definition) is 3. The molecule has 0 aliphatic carbocycles. The Morgan fingerprint density at radius 2 is 1.68 bits per heavy atom. The standard InChI is InChI=1S/C20H16Cl4N2O2/c1-13(26-7-6-25-12-26)20(16-4-2-14(21)10-17(16)23)28-9-8-27-19-5-3-15(22)11-18(19)24/h2-7,10-12H,8-9H2,1H3/b20-13-. The molecule has 0 saturated carbocycles. The number of halogens is 4. The highest BCUT2D eigenvalue weighted by molar-refractivity contribution is 6.36. The third kappa shape index (κ3) is 5.15. The topological polar surface area (TPSA) is 36.3 Å². The second-order valence-corrected chi connectivity index (χ2v) is 7.47. The number of ether oxygens (including phenoxy) is 2. The molecule has 0 saturated heterocycles. The largest absolute Gasteiger partial charge is 0.488 e. The van der Waals surface area contributed by atoms with Crippen LogP contribution in [0.2, 0.25) is 20.1 Å². The molecule has 2 aromatic carbocycles. The molecule has 0 fully saturated rings. The van der Waals surface area contributed by atoms with Crippen molar-refractivity contribution in [1.29, 1.82) is 0 Å². The number of imidazole rings is 1. The first-order chi connectivity index (χ1) is 13.5. The molecule has 0 amide bonds. The molecule has 0 N–H and O–H groups in total. The van der Waals surface area contributed by atoms with Crippen LogP contribution in [0.5, 0.6) is 5.75 Å². The van der Waals surface area contributed by atoms with Crippen molar-refractivity contribution in [2.45, 2.75) is 6.92 Å². The lowest BCUT2D eigenvalue weighted by Gasteiger charge is -2.17. The Kier molecular flexibility index (Phi) is 7.13. The molecule has 0 atom stereocenters. The zero-order valence-corrected chi connectivity index (χ0v) is 17.9. The average Bonchev–Trinajstić information content (AvgIpc) is 3.18. The number of nitrogens with zero attached hydrogens (tertiary/aromatic N) is 2. The van der Waals surface area contributed by atoms with E-state index in [2.05, 4.69) is 4.98 Å². The van der Waals surface area contributed by atoms with Gasteiger partial charge in [0, 0.05) is 28.0 Å². The molecule has 0 aliphatic rings. The van der Waals surface area contributed by atoms with Gasteiger partial charge < -0.3 is 14.0 Å². The summed E-state index contributed by atoms with van der Waals surface area (Å²) < 4.78 is 13.6. The molecule has 1 heterocycles. The van der Waals surface area contributed by atoms with Crippen LogP contribution < -0.4 is 4.74 Å². The van der Waals surface area contributed by atoms with Crippen molar-refractivity contribution in [3.05, 3.63) is 80.8 Å². The molecule has 3 aromatic rings. The van der Waals surface area contributed by atoms with Crippen molar-refractivity contribution in [2.24, 2.45) is 0 Å². The highest BCUT2D eigenvalue weighted by atomic mass is 35.5. The summed E-state index contributed by atoms with van der Waals surface area (Å²) in [6, 6.07) is 10.3. The van der Waals surface area contributed by atoms with Crippen LogP contribution in [0.3, 0.4) is 0 Å². The molecule has 0 radical (unpaired) electrons. The normalized spacial score (nSPS) is 11.9. The lowest BCUT2D eigenvalue weighted by Crippen LogP contribution is -2.09. The summed E-state index contributed by atoms with van der Waals surface area (Å²) >= 11 is 24.4. The molecule has 1 aromatic heterocycles. The van der Waals surface area contributed by atoms with E-state index in [4.69, 9.17) is 55.9 Å². The SMILES string of the molecule is C/C(=C(/OCCOc1ccc(Cl)cc1Cl)c1ccc(Cl)cc1Cl)n1ccnc1. The quantitative estimate of drug-likeness (QED) is 0.284. The average molecular weight is 458 g/mol. The van der Waals surface area contributed by atoms with Crippen LogP contribution in [-0.2, 0) is 4.74 Å². The van der Waals surface area contributed by atoms with Crippen molar-refractivity contribution in [2.75, 3.05) is 13.2 Å². The summed E-state index contributed by atoms with van der Waals surface area (Å²) in [6.45, 7) is 2.48. The van der Waals surface area contributed by atoms with E-state index < -0.39 is 0 Å². The van der Waals surface area contributed by atoms with E-state index in [-0.39, 0.29) is 13.2 Å². The summed E-state index contributed by atoms with van der Waals surface area (Å²) in [5, 5.41) is 2.03. The molecular weight excluding hydrogens is 442 g/mol. The minimum atomic E-state index is 0.277. The van der Waals surface area contributed by atoms with Gasteiger partial charge in [0.1, 0.15) is 24.7 Å². The number of hydrogen-bond donors (Lipinski definition) is 0. The van der Waals surface area contributed by atoms with E-state index in [0.29, 0.717) is 31.6 Å². The van der Waals surface area contributed by atoms with Crippen LogP contribution in [0, 0.1) is 0 Å². The van der Waals surface area contributed by atoms with Gasteiger partial charge in [-0.25, -0.2) is 4.98 Å². The molecule has 0 aliphatic heterocycles. The lowest BCUT2D eigenvalue weighted by atomic mass is 10.1. The molecule has 0 bridgehead atoms. The zero-order chi connectivity index (χ0) is 20.1. The van der Waals surface area contributed by atoms with Crippen molar-refractivity contribution in [3.8, 4) is 5.75 Å². The summed E-state index contributed by atoms with van der Waals surface area (Å²) in [5.74, 6) is 1.14. The number of allylic oxidation sites excluding steroid dienone is 1. The van der Waals surface area contributed by atoms with Crippen LogP contribution in [-0.4, -0.2) is 22.8 Å². The van der Waals surface area contributed by atoms with Gasteiger partial charge in [0.2, 0.25) is 0 Å². The lowest BCUT2D eigenvalue weighted by molar-refractivity contribution is 0.195. The Morgan fingerprint density at radius 1 is 0.964 bits per heavy atom. The van der Waals surface area contributed by atoms with Crippen LogP contribution in [0.1, 0.15) is 12.5 Å². The molecule has 8 heteroatoms. The molecule has 146 valence electrons. The van der Waals surface area contributed by atoms with Crippen molar-refractivity contribution in [1.82, 2.24) is 9.55 Å². The van der Waals surface area contributed by atoms with Crippen LogP contribution in [0.4, 0.5) is 0 Å². The fourth-order valence-corrected chi connectivity index (χ4v) is 3.47. The molecule has 28 heavy (non-hydrogen) atoms. The van der Waals surface area contributed by atoms with Gasteiger partial charge in [-0.05, 0) is 43.3 Å². The van der Waals surface area contributed by atoms with Gasteiger partial charge in [-0.2, -0.15) is 0 Å². The first-order valence-corrected chi connectivity index (χ1v) is 9.82. The predicted octanol–water partition coefficient (Wildman–Crippen LogP) is 6.94. The minimum Gasteiger partial charge on any atom is -0.488 e. The second-order valence-electron chi connectivity index (χ2n) is 5.78. The summed E-state index contributed by atoms with van der Waals surface area (Å²) in [7, 11) is 0. The molecule has 0 unspecified atom stereocenters. The summed E-state index contributed by atoms with van der Waals surface area (Å²) in [6.07, 6.45) is 5.20. The van der Waals surface area contributed by atoms with Crippen LogP contribution in [0.25, 0.3) is 11.5 Å². The number of aromatic nitrogens is 2. The Bertz CT molecular complexity index is 988. The zero-order valence-electron chi connectivity index (χ0n) is 14.8. The fraction of sp³-hybridized carbons (Fsp3) is 0.150. The number of benzene rings is 2. The van der Waals surface area contributed by atoms with E-state index in [1.807, 2.05) is 23.8 Å². The molecule has 0 spiro atoms. The third-order valence-corrected chi connectivity index (χ3v) is 4.96. The second kappa shape index (κ2) is 9.57. The van der Waals surface area contributed by atoms with E-state index in [1.165, 1.54) is 0 Å². The van der Waals surface area contributed by atoms with Crippen molar-refractivity contribution in [3.63, 3.8) is 0 Å². The molecule has 3 rings (SSSR count). The van der Waals surface area contributed by atoms with Gasteiger partial charge in [0.15, 0.2) is 0 Å². The van der Waals surface area contributed by atoms with E-state index in [0.717, 1.165) is 11.3 Å².